The number of benzene rings is 1. The number of methoxy groups -OCH3 is 1. The van der Waals surface area contributed by atoms with Crippen molar-refractivity contribution in [2.75, 3.05) is 14.2 Å². The molecule has 2 aromatic heterocycles. The van der Waals surface area contributed by atoms with Crippen LogP contribution in [-0.4, -0.2) is 44.9 Å². The van der Waals surface area contributed by atoms with E-state index in [1.54, 1.807) is 29.2 Å². The minimum Gasteiger partial charge on any atom is -0.468 e. The van der Waals surface area contributed by atoms with Crippen LogP contribution in [-0.2, 0) is 11.3 Å². The maximum Gasteiger partial charge on any atom is 0.303 e. The Morgan fingerprint density at radius 2 is 2.04 bits per heavy atom. The molecule has 9 heteroatoms. The van der Waals surface area contributed by atoms with Crippen molar-refractivity contribution in [3.8, 4) is 0 Å². The number of ether oxygens (including phenoxy) is 1. The molecule has 0 bridgehead atoms. The molecule has 1 N–H and O–H groups in total. The maximum atomic E-state index is 5.88. The number of aromatic nitrogens is 4. The van der Waals surface area contributed by atoms with Crippen LogP contribution in [0.5, 0.6) is 0 Å². The minimum absolute atomic E-state index is 0.147. The summed E-state index contributed by atoms with van der Waals surface area (Å²) >= 11 is 5.88. The molecule has 0 fully saturated rings. The number of rotatable bonds is 3. The predicted molar refractivity (Wildman–Crippen MR) is 94.0 cm³/mol. The lowest BCUT2D eigenvalue weighted by molar-refractivity contribution is 0.274. The van der Waals surface area contributed by atoms with Crippen molar-refractivity contribution in [3.63, 3.8) is 0 Å². The highest BCUT2D eigenvalue weighted by molar-refractivity contribution is 6.28. The van der Waals surface area contributed by atoms with Crippen LogP contribution in [0.3, 0.4) is 0 Å². The number of nitrogens with one attached hydrogen (secondary N) is 1. The van der Waals surface area contributed by atoms with Gasteiger partial charge in [-0.05, 0) is 22.7 Å². The molecule has 3 aromatic rings. The fourth-order valence-corrected chi connectivity index (χ4v) is 2.87. The van der Waals surface area contributed by atoms with E-state index in [0.717, 1.165) is 22.2 Å². The van der Waals surface area contributed by atoms with Gasteiger partial charge in [0.05, 0.1) is 25.2 Å². The second kappa shape index (κ2) is 6.30. The summed E-state index contributed by atoms with van der Waals surface area (Å²) in [5.74, 6) is 0. The highest BCUT2D eigenvalue weighted by atomic mass is 35.5. The largest absolute Gasteiger partial charge is 0.468 e. The van der Waals surface area contributed by atoms with Gasteiger partial charge in [0.1, 0.15) is 6.17 Å². The number of aliphatic imine (C=N–C) groups is 1. The summed E-state index contributed by atoms with van der Waals surface area (Å²) in [4.78, 5) is 12.7. The zero-order chi connectivity index (χ0) is 17.4. The normalized spacial score (nSPS) is 17.2. The van der Waals surface area contributed by atoms with Crippen molar-refractivity contribution in [2.24, 2.45) is 4.99 Å². The first-order valence-corrected chi connectivity index (χ1v) is 8.06. The maximum absolute atomic E-state index is 5.88. The molecular weight excluding hydrogens is 342 g/mol. The average Bonchev–Trinajstić information content (AvgIpc) is 3.19. The number of hydrazine groups is 1. The molecule has 0 aliphatic carbocycles. The lowest BCUT2D eigenvalue weighted by Gasteiger charge is -2.14. The highest BCUT2D eigenvalue weighted by Gasteiger charge is 2.23. The average molecular weight is 358 g/mol. The summed E-state index contributed by atoms with van der Waals surface area (Å²) in [5, 5.41) is 7.20. The molecule has 0 spiro atoms. The first-order chi connectivity index (χ1) is 12.1. The van der Waals surface area contributed by atoms with Crippen molar-refractivity contribution >= 4 is 28.7 Å². The molecule has 0 saturated heterocycles. The Kier molecular flexibility index (Phi) is 3.98. The number of halogens is 1. The molecule has 0 saturated carbocycles. The second-order valence-corrected chi connectivity index (χ2v) is 6.01. The first kappa shape index (κ1) is 15.8. The predicted octanol–water partition coefficient (Wildman–Crippen LogP) is 1.98. The van der Waals surface area contributed by atoms with E-state index < -0.39 is 0 Å². The lowest BCUT2D eigenvalue weighted by atomic mass is 10.1. The van der Waals surface area contributed by atoms with Crippen molar-refractivity contribution < 1.29 is 4.74 Å². The number of amidine groups is 1. The lowest BCUT2D eigenvalue weighted by Crippen LogP contribution is -2.34. The Balaban J connectivity index is 1.54. The molecule has 8 nitrogen and oxygen atoms in total. The van der Waals surface area contributed by atoms with Crippen LogP contribution in [0.4, 0.5) is 0 Å². The van der Waals surface area contributed by atoms with Gasteiger partial charge < -0.3 is 4.74 Å². The third-order valence-electron chi connectivity index (χ3n) is 4.00. The second-order valence-electron chi connectivity index (χ2n) is 5.67. The monoisotopic (exact) mass is 357 g/mol. The van der Waals surface area contributed by atoms with Crippen LogP contribution in [0.15, 0.2) is 41.7 Å². The van der Waals surface area contributed by atoms with Gasteiger partial charge in [-0.1, -0.05) is 24.3 Å². The Hall–Kier alpha value is -2.71. The molecular formula is C16H16ClN7O. The van der Waals surface area contributed by atoms with Gasteiger partial charge in [-0.25, -0.2) is 20.1 Å². The van der Waals surface area contributed by atoms with Gasteiger partial charge in [0.15, 0.2) is 5.65 Å². The van der Waals surface area contributed by atoms with Gasteiger partial charge in [-0.2, -0.15) is 10.1 Å². The molecule has 3 heterocycles. The highest BCUT2D eigenvalue weighted by Crippen LogP contribution is 2.21. The minimum atomic E-state index is -0.147. The number of hydrogen-bond acceptors (Lipinski definition) is 7. The van der Waals surface area contributed by atoms with Crippen molar-refractivity contribution in [3.05, 3.63) is 53.1 Å². The van der Waals surface area contributed by atoms with Gasteiger partial charge in [0.2, 0.25) is 5.28 Å². The molecule has 1 aliphatic rings. The first-order valence-electron chi connectivity index (χ1n) is 7.68. The van der Waals surface area contributed by atoms with Crippen molar-refractivity contribution in [1.29, 1.82) is 0 Å². The van der Waals surface area contributed by atoms with Crippen LogP contribution < -0.4 is 5.43 Å². The smallest absolute Gasteiger partial charge is 0.303 e. The molecule has 1 unspecified atom stereocenters. The molecule has 4 rings (SSSR count). The van der Waals surface area contributed by atoms with Crippen LogP contribution >= 0.6 is 11.6 Å². The molecule has 1 atom stereocenters. The van der Waals surface area contributed by atoms with E-state index in [0.29, 0.717) is 12.6 Å². The van der Waals surface area contributed by atoms with Gasteiger partial charge in [0.25, 0.3) is 0 Å². The molecule has 0 amide bonds. The Morgan fingerprint density at radius 3 is 2.76 bits per heavy atom. The van der Waals surface area contributed by atoms with Crippen molar-refractivity contribution in [2.45, 2.75) is 12.7 Å². The zero-order valence-corrected chi connectivity index (χ0v) is 14.5. The van der Waals surface area contributed by atoms with Gasteiger partial charge in [-0.3, -0.25) is 5.01 Å². The van der Waals surface area contributed by atoms with Crippen LogP contribution in [0, 0.1) is 0 Å². The van der Waals surface area contributed by atoms with E-state index in [1.165, 1.54) is 0 Å². The molecule has 0 radical (unpaired) electrons. The summed E-state index contributed by atoms with van der Waals surface area (Å²) in [6.45, 7) is 0.599. The van der Waals surface area contributed by atoms with E-state index in [1.807, 2.05) is 31.3 Å². The third kappa shape index (κ3) is 3.01. The van der Waals surface area contributed by atoms with Gasteiger partial charge in [0, 0.05) is 13.2 Å². The van der Waals surface area contributed by atoms with Crippen LogP contribution in [0.2, 0.25) is 5.28 Å². The van der Waals surface area contributed by atoms with Crippen LogP contribution in [0.25, 0.3) is 11.0 Å². The summed E-state index contributed by atoms with van der Waals surface area (Å²) in [6.07, 6.45) is 3.26. The van der Waals surface area contributed by atoms with E-state index in [9.17, 15) is 0 Å². The molecule has 1 aromatic carbocycles. The standard InChI is InChI=1S/C16H16ClN7O/c1-23-16(25-2)20-13(22-23)11-5-3-10(4-6-11)9-24-14-12(8-19-24)7-18-15(17)21-14/h3-8,13,22H,9H2,1-2H3. The number of hydrogen-bond donors (Lipinski definition) is 1. The molecule has 25 heavy (non-hydrogen) atoms. The quantitative estimate of drug-likeness (QED) is 0.722. The summed E-state index contributed by atoms with van der Waals surface area (Å²) < 4.78 is 7.00. The van der Waals surface area contributed by atoms with Gasteiger partial charge in [-0.15, -0.1) is 0 Å². The molecule has 128 valence electrons. The fraction of sp³-hybridized carbons (Fsp3) is 0.250. The number of fused-ring (bicyclic) bond motifs is 1. The van der Waals surface area contributed by atoms with Gasteiger partial charge >= 0.3 is 6.02 Å². The van der Waals surface area contributed by atoms with E-state index in [4.69, 9.17) is 16.3 Å². The Morgan fingerprint density at radius 1 is 1.24 bits per heavy atom. The molecule has 1 aliphatic heterocycles. The summed E-state index contributed by atoms with van der Waals surface area (Å²) in [5.41, 5.74) is 6.10. The third-order valence-corrected chi connectivity index (χ3v) is 4.18. The topological polar surface area (TPSA) is 80.5 Å². The van der Waals surface area contributed by atoms with E-state index in [-0.39, 0.29) is 11.4 Å². The number of nitrogens with zero attached hydrogens (tertiary/aromatic N) is 6. The SMILES string of the molecule is COC1=NC(c2ccc(Cn3ncc4cnc(Cl)nc43)cc2)NN1C. The Labute approximate surface area is 149 Å². The Bertz CT molecular complexity index is 937. The summed E-state index contributed by atoms with van der Waals surface area (Å²) in [7, 11) is 3.47. The van der Waals surface area contributed by atoms with Crippen LogP contribution in [0.1, 0.15) is 17.3 Å². The fourth-order valence-electron chi connectivity index (χ4n) is 2.74. The van der Waals surface area contributed by atoms with E-state index in [2.05, 4.69) is 25.5 Å². The van der Waals surface area contributed by atoms with E-state index >= 15 is 0 Å². The zero-order valence-electron chi connectivity index (χ0n) is 13.7. The summed E-state index contributed by atoms with van der Waals surface area (Å²) in [6, 6.07) is 8.74. The van der Waals surface area contributed by atoms with Crippen molar-refractivity contribution in [1.82, 2.24) is 30.2 Å².